The second-order valence-corrected chi connectivity index (χ2v) is 14.7. The summed E-state index contributed by atoms with van der Waals surface area (Å²) in [5.41, 5.74) is 1.77. The standard InChI is InChI=1S/C37H53N3O6/c1-23(2)30(39-35(44)46-37(8,9)10)33(42)40(27-17-14-18-27)31(28-21-24(3)19-20-25(28)4)32(41)38-29(34(43)45-36(5,6)7)22-26-15-12-11-13-16-26/h11-13,15-16,19-21,23,27,29-31H,14,17-18,22H2,1-10H3,(H,38,41)(H,39,44). The van der Waals surface area contributed by atoms with Crippen LogP contribution in [0.5, 0.6) is 0 Å². The lowest BCUT2D eigenvalue weighted by Crippen LogP contribution is -2.60. The van der Waals surface area contributed by atoms with Gasteiger partial charge in [-0.15, -0.1) is 0 Å². The molecule has 3 amide bonds. The van der Waals surface area contributed by atoms with Crippen molar-refractivity contribution >= 4 is 23.9 Å². The van der Waals surface area contributed by atoms with Gasteiger partial charge in [-0.2, -0.15) is 0 Å². The number of carbonyl (C=O) groups is 4. The van der Waals surface area contributed by atoms with Gasteiger partial charge in [-0.3, -0.25) is 9.59 Å². The first-order valence-corrected chi connectivity index (χ1v) is 16.3. The van der Waals surface area contributed by atoms with Crippen LogP contribution in [0.25, 0.3) is 0 Å². The molecule has 3 rings (SSSR count). The van der Waals surface area contributed by atoms with Crippen LogP contribution >= 0.6 is 0 Å². The second-order valence-electron chi connectivity index (χ2n) is 14.7. The molecule has 0 radical (unpaired) electrons. The van der Waals surface area contributed by atoms with Crippen molar-refractivity contribution in [1.29, 1.82) is 0 Å². The molecule has 3 unspecified atom stereocenters. The number of carbonyl (C=O) groups excluding carboxylic acids is 4. The molecule has 2 aromatic carbocycles. The third-order valence-corrected chi connectivity index (χ3v) is 7.87. The number of hydrogen-bond acceptors (Lipinski definition) is 6. The van der Waals surface area contributed by atoms with Gasteiger partial charge in [0, 0.05) is 12.5 Å². The fourth-order valence-corrected chi connectivity index (χ4v) is 5.43. The summed E-state index contributed by atoms with van der Waals surface area (Å²) < 4.78 is 11.2. The summed E-state index contributed by atoms with van der Waals surface area (Å²) in [6.45, 7) is 18.2. The fourth-order valence-electron chi connectivity index (χ4n) is 5.43. The molecule has 2 aromatic rings. The average Bonchev–Trinajstić information content (AvgIpc) is 2.90. The van der Waals surface area contributed by atoms with Gasteiger partial charge in [0.05, 0.1) is 0 Å². The third-order valence-electron chi connectivity index (χ3n) is 7.87. The summed E-state index contributed by atoms with van der Waals surface area (Å²) >= 11 is 0. The van der Waals surface area contributed by atoms with Crippen molar-refractivity contribution in [3.05, 3.63) is 70.8 Å². The zero-order valence-electron chi connectivity index (χ0n) is 29.2. The molecule has 1 saturated carbocycles. The Morgan fingerprint density at radius 2 is 1.48 bits per heavy atom. The van der Waals surface area contributed by atoms with E-state index in [1.807, 2.05) is 76.2 Å². The molecule has 1 aliphatic carbocycles. The van der Waals surface area contributed by atoms with Gasteiger partial charge < -0.3 is 25.0 Å². The first-order chi connectivity index (χ1) is 21.4. The van der Waals surface area contributed by atoms with E-state index in [-0.39, 0.29) is 24.3 Å². The van der Waals surface area contributed by atoms with Crippen LogP contribution in [0.3, 0.4) is 0 Å². The van der Waals surface area contributed by atoms with E-state index in [1.54, 1.807) is 46.4 Å². The van der Waals surface area contributed by atoms with Crippen LogP contribution in [0.2, 0.25) is 0 Å². The van der Waals surface area contributed by atoms with Crippen molar-refractivity contribution in [2.75, 3.05) is 0 Å². The molecule has 3 atom stereocenters. The van der Waals surface area contributed by atoms with Crippen LogP contribution in [0, 0.1) is 19.8 Å². The van der Waals surface area contributed by atoms with Gasteiger partial charge in [-0.05, 0) is 97.3 Å². The van der Waals surface area contributed by atoms with Gasteiger partial charge in [0.2, 0.25) is 11.8 Å². The number of nitrogens with one attached hydrogen (secondary N) is 2. The zero-order valence-corrected chi connectivity index (χ0v) is 29.2. The van der Waals surface area contributed by atoms with Gasteiger partial charge in [-0.25, -0.2) is 9.59 Å². The molecule has 1 aliphatic rings. The maximum atomic E-state index is 14.6. The van der Waals surface area contributed by atoms with E-state index in [2.05, 4.69) is 10.6 Å². The Morgan fingerprint density at radius 3 is 2.00 bits per heavy atom. The van der Waals surface area contributed by atoms with Crippen LogP contribution in [0.4, 0.5) is 4.79 Å². The minimum absolute atomic E-state index is 0.215. The van der Waals surface area contributed by atoms with E-state index in [9.17, 15) is 19.2 Å². The molecule has 9 heteroatoms. The Morgan fingerprint density at radius 1 is 0.870 bits per heavy atom. The molecule has 9 nitrogen and oxygen atoms in total. The van der Waals surface area contributed by atoms with E-state index in [0.29, 0.717) is 5.56 Å². The molecule has 1 fully saturated rings. The summed E-state index contributed by atoms with van der Waals surface area (Å²) in [6, 6.07) is 12.0. The molecule has 0 aromatic heterocycles. The summed E-state index contributed by atoms with van der Waals surface area (Å²) in [5.74, 6) is -1.71. The number of hydrogen-bond donors (Lipinski definition) is 2. The molecule has 0 spiro atoms. The number of ether oxygens (including phenoxy) is 2. The van der Waals surface area contributed by atoms with Crippen molar-refractivity contribution in [3.63, 3.8) is 0 Å². The van der Waals surface area contributed by atoms with Crippen LogP contribution in [0.15, 0.2) is 48.5 Å². The van der Waals surface area contributed by atoms with Gasteiger partial charge >= 0.3 is 12.1 Å². The lowest BCUT2D eigenvalue weighted by atomic mass is 9.86. The SMILES string of the molecule is Cc1ccc(C)c(C(C(=O)NC(Cc2ccccc2)C(=O)OC(C)(C)C)N(C(=O)C(NC(=O)OC(C)(C)C)C(C)C)C2CCC2)c1. The van der Waals surface area contributed by atoms with Crippen molar-refractivity contribution in [3.8, 4) is 0 Å². The summed E-state index contributed by atoms with van der Waals surface area (Å²) in [7, 11) is 0. The Labute approximate surface area is 274 Å². The smallest absolute Gasteiger partial charge is 0.408 e. The normalized spacial score (nSPS) is 15.6. The number of rotatable bonds is 11. The van der Waals surface area contributed by atoms with E-state index < -0.39 is 47.3 Å². The van der Waals surface area contributed by atoms with Crippen molar-refractivity contribution < 1.29 is 28.7 Å². The zero-order chi connectivity index (χ0) is 34.4. The van der Waals surface area contributed by atoms with E-state index >= 15 is 0 Å². The van der Waals surface area contributed by atoms with Crippen LogP contribution in [-0.4, -0.2) is 58.1 Å². The number of aryl methyl sites for hydroxylation is 2. The Bertz CT molecular complexity index is 1370. The summed E-state index contributed by atoms with van der Waals surface area (Å²) in [4.78, 5) is 57.3. The van der Waals surface area contributed by atoms with E-state index in [1.165, 1.54) is 0 Å². The highest BCUT2D eigenvalue weighted by Gasteiger charge is 2.44. The third kappa shape index (κ3) is 10.3. The van der Waals surface area contributed by atoms with Crippen LogP contribution in [0.1, 0.15) is 103 Å². The monoisotopic (exact) mass is 635 g/mol. The summed E-state index contributed by atoms with van der Waals surface area (Å²) in [6.07, 6.45) is 1.87. The Hall–Kier alpha value is -3.88. The molecular formula is C37H53N3O6. The Kier molecular flexibility index (Phi) is 12.0. The Balaban J connectivity index is 2.10. The highest BCUT2D eigenvalue weighted by Crippen LogP contribution is 2.36. The lowest BCUT2D eigenvalue weighted by molar-refractivity contribution is -0.159. The van der Waals surface area contributed by atoms with E-state index in [0.717, 1.165) is 36.0 Å². The van der Waals surface area contributed by atoms with Gasteiger partial charge in [0.15, 0.2) is 0 Å². The first-order valence-electron chi connectivity index (χ1n) is 16.3. The summed E-state index contributed by atoms with van der Waals surface area (Å²) in [5, 5.41) is 5.78. The van der Waals surface area contributed by atoms with Crippen molar-refractivity contribution in [1.82, 2.24) is 15.5 Å². The molecule has 46 heavy (non-hydrogen) atoms. The molecule has 2 N–H and O–H groups in total. The maximum Gasteiger partial charge on any atom is 0.408 e. The van der Waals surface area contributed by atoms with Crippen LogP contribution in [-0.2, 0) is 30.3 Å². The fraction of sp³-hybridized carbons (Fsp3) is 0.568. The number of benzene rings is 2. The topological polar surface area (TPSA) is 114 Å². The molecule has 0 aliphatic heterocycles. The highest BCUT2D eigenvalue weighted by atomic mass is 16.6. The first kappa shape index (κ1) is 36.6. The van der Waals surface area contributed by atoms with Gasteiger partial charge in [0.25, 0.3) is 0 Å². The predicted octanol–water partition coefficient (Wildman–Crippen LogP) is 6.34. The number of alkyl carbamates (subject to hydrolysis) is 1. The molecular weight excluding hydrogens is 582 g/mol. The molecule has 0 bridgehead atoms. The lowest BCUT2D eigenvalue weighted by Gasteiger charge is -2.44. The minimum atomic E-state index is -1.06. The highest BCUT2D eigenvalue weighted by molar-refractivity contribution is 5.94. The maximum absolute atomic E-state index is 14.6. The predicted molar refractivity (Wildman–Crippen MR) is 179 cm³/mol. The number of nitrogens with zero attached hydrogens (tertiary/aromatic N) is 1. The number of amides is 3. The van der Waals surface area contributed by atoms with Crippen molar-refractivity contribution in [2.45, 2.75) is 130 Å². The average molecular weight is 636 g/mol. The molecule has 252 valence electrons. The van der Waals surface area contributed by atoms with Crippen molar-refractivity contribution in [2.24, 2.45) is 5.92 Å². The van der Waals surface area contributed by atoms with E-state index in [4.69, 9.17) is 9.47 Å². The van der Waals surface area contributed by atoms with Gasteiger partial charge in [0.1, 0.15) is 29.3 Å². The molecule has 0 saturated heterocycles. The minimum Gasteiger partial charge on any atom is -0.458 e. The van der Waals surface area contributed by atoms with Gasteiger partial charge in [-0.1, -0.05) is 67.9 Å². The van der Waals surface area contributed by atoms with Crippen LogP contribution < -0.4 is 10.6 Å². The number of esters is 1. The largest absolute Gasteiger partial charge is 0.458 e. The second kappa shape index (κ2) is 15.1. The molecule has 0 heterocycles. The quantitative estimate of drug-likeness (QED) is 0.279.